The molecule has 0 aliphatic carbocycles. The second kappa shape index (κ2) is 8.78. The summed E-state index contributed by atoms with van der Waals surface area (Å²) >= 11 is 0. The molecule has 1 heteroatoms. The van der Waals surface area contributed by atoms with Gasteiger partial charge in [-0.2, -0.15) is 0 Å². The summed E-state index contributed by atoms with van der Waals surface area (Å²) in [4.78, 5) is 0. The van der Waals surface area contributed by atoms with Crippen molar-refractivity contribution in [2.24, 2.45) is 0 Å². The van der Waals surface area contributed by atoms with Crippen molar-refractivity contribution >= 4 is 5.69 Å². The molecule has 1 nitrogen and oxygen atoms in total. The molecule has 0 spiro atoms. The van der Waals surface area contributed by atoms with Crippen molar-refractivity contribution in [1.82, 2.24) is 0 Å². The molecule has 88 valence electrons. The highest BCUT2D eigenvalue weighted by molar-refractivity contribution is 5.53. The first-order chi connectivity index (χ1) is 7.65. The van der Waals surface area contributed by atoms with Gasteiger partial charge in [-0.15, -0.1) is 0 Å². The van der Waals surface area contributed by atoms with Crippen molar-refractivity contribution in [2.45, 2.75) is 34.1 Å². The van der Waals surface area contributed by atoms with E-state index in [1.165, 1.54) is 17.5 Å². The first-order valence-electron chi connectivity index (χ1n) is 5.77. The third-order valence-corrected chi connectivity index (χ3v) is 1.85. The van der Waals surface area contributed by atoms with E-state index in [1.807, 2.05) is 12.3 Å². The molecular formula is C15H23N. The maximum absolute atomic E-state index is 3.60. The molecule has 0 saturated heterocycles. The molecule has 0 heterocycles. The van der Waals surface area contributed by atoms with Crippen LogP contribution in [0.2, 0.25) is 0 Å². The number of nitrogens with one attached hydrogen (secondary N) is 1. The van der Waals surface area contributed by atoms with Gasteiger partial charge in [0.05, 0.1) is 0 Å². The normalized spacial score (nSPS) is 9.50. The molecule has 0 aliphatic heterocycles. The van der Waals surface area contributed by atoms with E-state index in [0.29, 0.717) is 0 Å². The Kier molecular flexibility index (Phi) is 7.96. The molecule has 0 atom stereocenters. The van der Waals surface area contributed by atoms with Gasteiger partial charge in [0.15, 0.2) is 0 Å². The molecule has 0 aliphatic rings. The Morgan fingerprint density at radius 1 is 1.25 bits per heavy atom. The molecule has 0 amide bonds. The SMILES string of the molecule is C=C/C=C\Nc1ccc(C)cc1C.CCC. The second-order valence-corrected chi connectivity index (χ2v) is 3.76. The zero-order valence-electron chi connectivity index (χ0n) is 10.9. The van der Waals surface area contributed by atoms with Gasteiger partial charge in [-0.25, -0.2) is 0 Å². The lowest BCUT2D eigenvalue weighted by Crippen LogP contribution is -1.90. The molecular weight excluding hydrogens is 194 g/mol. The largest absolute Gasteiger partial charge is 0.361 e. The van der Waals surface area contributed by atoms with E-state index in [2.05, 4.69) is 57.8 Å². The van der Waals surface area contributed by atoms with Crippen LogP contribution in [0.1, 0.15) is 31.4 Å². The fourth-order valence-electron chi connectivity index (χ4n) is 1.18. The van der Waals surface area contributed by atoms with Gasteiger partial charge in [0.2, 0.25) is 0 Å². The van der Waals surface area contributed by atoms with Crippen LogP contribution in [0.15, 0.2) is 43.1 Å². The Hall–Kier alpha value is -1.50. The van der Waals surface area contributed by atoms with Crippen molar-refractivity contribution in [3.63, 3.8) is 0 Å². The van der Waals surface area contributed by atoms with Crippen molar-refractivity contribution in [2.75, 3.05) is 5.32 Å². The fourth-order valence-corrected chi connectivity index (χ4v) is 1.18. The molecule has 1 aromatic carbocycles. The number of rotatable bonds is 3. The van der Waals surface area contributed by atoms with Crippen LogP contribution in [-0.4, -0.2) is 0 Å². The van der Waals surface area contributed by atoms with Gasteiger partial charge >= 0.3 is 0 Å². The Bertz CT molecular complexity index is 337. The second-order valence-electron chi connectivity index (χ2n) is 3.76. The number of allylic oxidation sites excluding steroid dienone is 2. The summed E-state index contributed by atoms with van der Waals surface area (Å²) in [5.41, 5.74) is 3.69. The van der Waals surface area contributed by atoms with Gasteiger partial charge in [-0.05, 0) is 31.6 Å². The van der Waals surface area contributed by atoms with Crippen LogP contribution in [0.25, 0.3) is 0 Å². The maximum atomic E-state index is 3.60. The van der Waals surface area contributed by atoms with Crippen LogP contribution in [0.4, 0.5) is 5.69 Å². The van der Waals surface area contributed by atoms with Crippen molar-refractivity contribution < 1.29 is 0 Å². The number of hydrogen-bond acceptors (Lipinski definition) is 1. The van der Waals surface area contributed by atoms with Crippen LogP contribution in [0.3, 0.4) is 0 Å². The highest BCUT2D eigenvalue weighted by atomic mass is 14.8. The third kappa shape index (κ3) is 6.07. The summed E-state index contributed by atoms with van der Waals surface area (Å²) in [6.45, 7) is 12.0. The average molecular weight is 217 g/mol. The summed E-state index contributed by atoms with van der Waals surface area (Å²) in [6, 6.07) is 6.33. The maximum Gasteiger partial charge on any atom is 0.0409 e. The van der Waals surface area contributed by atoms with E-state index in [0.717, 1.165) is 5.69 Å². The standard InChI is InChI=1S/C12H15N.C3H8/c1-4-5-8-13-12-7-6-10(2)9-11(12)3;1-3-2/h4-9,13H,1H2,2-3H3;3H2,1-2H3/b8-5-;. The highest BCUT2D eigenvalue weighted by Gasteiger charge is 1.94. The summed E-state index contributed by atoms with van der Waals surface area (Å²) in [5.74, 6) is 0. The first-order valence-corrected chi connectivity index (χ1v) is 5.77. The van der Waals surface area contributed by atoms with Crippen molar-refractivity contribution in [3.8, 4) is 0 Å². The minimum atomic E-state index is 1.14. The lowest BCUT2D eigenvalue weighted by atomic mass is 10.1. The lowest BCUT2D eigenvalue weighted by Gasteiger charge is -2.05. The Morgan fingerprint density at radius 3 is 2.38 bits per heavy atom. The van der Waals surface area contributed by atoms with E-state index in [1.54, 1.807) is 6.08 Å². The zero-order valence-corrected chi connectivity index (χ0v) is 10.9. The molecule has 0 bridgehead atoms. The van der Waals surface area contributed by atoms with Crippen molar-refractivity contribution in [3.05, 3.63) is 54.3 Å². The molecule has 0 aromatic heterocycles. The lowest BCUT2D eigenvalue weighted by molar-refractivity contribution is 1.09. The molecule has 1 N–H and O–H groups in total. The van der Waals surface area contributed by atoms with Crippen LogP contribution in [0.5, 0.6) is 0 Å². The molecule has 0 unspecified atom stereocenters. The van der Waals surface area contributed by atoms with Gasteiger partial charge in [-0.1, -0.05) is 50.6 Å². The number of anilines is 1. The number of aryl methyl sites for hydroxylation is 2. The van der Waals surface area contributed by atoms with Crippen LogP contribution in [0, 0.1) is 13.8 Å². The summed E-state index contributed by atoms with van der Waals surface area (Å²) < 4.78 is 0. The van der Waals surface area contributed by atoms with Crippen LogP contribution in [-0.2, 0) is 0 Å². The number of hydrogen-bond donors (Lipinski definition) is 1. The molecule has 1 rings (SSSR count). The monoisotopic (exact) mass is 217 g/mol. The van der Waals surface area contributed by atoms with Gasteiger partial charge in [0.1, 0.15) is 0 Å². The van der Waals surface area contributed by atoms with Gasteiger partial charge < -0.3 is 5.32 Å². The topological polar surface area (TPSA) is 12.0 Å². The molecule has 16 heavy (non-hydrogen) atoms. The molecule has 0 radical (unpaired) electrons. The quantitative estimate of drug-likeness (QED) is 0.715. The first kappa shape index (κ1) is 14.5. The minimum Gasteiger partial charge on any atom is -0.361 e. The van der Waals surface area contributed by atoms with Gasteiger partial charge in [0, 0.05) is 11.9 Å². The summed E-state index contributed by atoms with van der Waals surface area (Å²) in [6.07, 6.45) is 6.75. The predicted octanol–water partition coefficient (Wildman–Crippen LogP) is 4.83. The Labute approximate surface area is 99.9 Å². The minimum absolute atomic E-state index is 1.14. The van der Waals surface area contributed by atoms with Crippen LogP contribution < -0.4 is 5.32 Å². The van der Waals surface area contributed by atoms with Gasteiger partial charge in [-0.3, -0.25) is 0 Å². The predicted molar refractivity (Wildman–Crippen MR) is 74.8 cm³/mol. The van der Waals surface area contributed by atoms with E-state index in [4.69, 9.17) is 0 Å². The molecule has 0 saturated carbocycles. The van der Waals surface area contributed by atoms with E-state index >= 15 is 0 Å². The molecule has 1 aromatic rings. The summed E-state index contributed by atoms with van der Waals surface area (Å²) in [5, 5.41) is 3.19. The van der Waals surface area contributed by atoms with E-state index < -0.39 is 0 Å². The smallest absolute Gasteiger partial charge is 0.0409 e. The van der Waals surface area contributed by atoms with Crippen LogP contribution >= 0.6 is 0 Å². The van der Waals surface area contributed by atoms with Crippen molar-refractivity contribution in [1.29, 1.82) is 0 Å². The fraction of sp³-hybridized carbons (Fsp3) is 0.333. The average Bonchev–Trinajstić information content (AvgIpc) is 2.23. The third-order valence-electron chi connectivity index (χ3n) is 1.85. The highest BCUT2D eigenvalue weighted by Crippen LogP contribution is 2.15. The summed E-state index contributed by atoms with van der Waals surface area (Å²) in [7, 11) is 0. The zero-order chi connectivity index (χ0) is 12.4. The number of benzene rings is 1. The van der Waals surface area contributed by atoms with E-state index in [-0.39, 0.29) is 0 Å². The van der Waals surface area contributed by atoms with E-state index in [9.17, 15) is 0 Å². The van der Waals surface area contributed by atoms with Gasteiger partial charge in [0.25, 0.3) is 0 Å². The Morgan fingerprint density at radius 2 is 1.88 bits per heavy atom. The molecule has 0 fully saturated rings. The Balaban J connectivity index is 0.000000673.